The van der Waals surface area contributed by atoms with Gasteiger partial charge in [0, 0.05) is 23.0 Å². The van der Waals surface area contributed by atoms with E-state index >= 15 is 0 Å². The van der Waals surface area contributed by atoms with Crippen LogP contribution in [0.2, 0.25) is 0 Å². The molecule has 25 heavy (non-hydrogen) atoms. The molecule has 6 nitrogen and oxygen atoms in total. The molecule has 0 radical (unpaired) electrons. The maximum absolute atomic E-state index is 5.80. The van der Waals surface area contributed by atoms with Gasteiger partial charge in [-0.05, 0) is 38.5 Å². The van der Waals surface area contributed by atoms with E-state index in [9.17, 15) is 0 Å². The van der Waals surface area contributed by atoms with E-state index in [-0.39, 0.29) is 5.54 Å². The number of nitrogens with one attached hydrogen (secondary N) is 1. The second-order valence-corrected chi connectivity index (χ2v) is 8.11. The minimum absolute atomic E-state index is 0.133. The predicted molar refractivity (Wildman–Crippen MR) is 101 cm³/mol. The molecule has 130 valence electrons. The predicted octanol–water partition coefficient (Wildman–Crippen LogP) is 3.89. The Kier molecular flexibility index (Phi) is 3.91. The normalized spacial score (nSPS) is 13.8. The van der Waals surface area contributed by atoms with Gasteiger partial charge in [-0.1, -0.05) is 15.9 Å². The fourth-order valence-electron chi connectivity index (χ4n) is 3.13. The topological polar surface area (TPSA) is 64.9 Å². The summed E-state index contributed by atoms with van der Waals surface area (Å²) in [7, 11) is 0. The van der Waals surface area contributed by atoms with Gasteiger partial charge in [0.1, 0.15) is 17.9 Å². The Morgan fingerprint density at radius 1 is 1.28 bits per heavy atom. The summed E-state index contributed by atoms with van der Waals surface area (Å²) in [6.45, 7) is 7.70. The molecule has 7 heteroatoms. The highest BCUT2D eigenvalue weighted by molar-refractivity contribution is 9.10. The Balaban J connectivity index is 1.66. The molecule has 0 saturated heterocycles. The summed E-state index contributed by atoms with van der Waals surface area (Å²) in [6, 6.07) is 4.22. The smallest absolute Gasteiger partial charge is 0.163 e. The maximum Gasteiger partial charge on any atom is 0.163 e. The summed E-state index contributed by atoms with van der Waals surface area (Å²) in [5.74, 6) is 1.78. The first-order chi connectivity index (χ1) is 11.9. The van der Waals surface area contributed by atoms with Crippen LogP contribution in [0.25, 0.3) is 11.0 Å². The zero-order chi connectivity index (χ0) is 17.6. The van der Waals surface area contributed by atoms with E-state index in [1.807, 2.05) is 10.9 Å². The second kappa shape index (κ2) is 5.98. The number of benzene rings is 1. The maximum atomic E-state index is 5.80. The van der Waals surface area contributed by atoms with Gasteiger partial charge in [0.15, 0.2) is 5.65 Å². The molecule has 0 aliphatic carbocycles. The lowest BCUT2D eigenvalue weighted by molar-refractivity contribution is 0.354. The van der Waals surface area contributed by atoms with Gasteiger partial charge < -0.3 is 10.1 Å². The number of nitrogens with zero attached hydrogens (tertiary/aromatic N) is 4. The molecule has 1 N–H and O–H groups in total. The van der Waals surface area contributed by atoms with Gasteiger partial charge >= 0.3 is 0 Å². The lowest BCUT2D eigenvalue weighted by Crippen LogP contribution is -2.23. The van der Waals surface area contributed by atoms with Crippen molar-refractivity contribution in [3.8, 4) is 5.75 Å². The molecular weight excluding hydrogens is 382 g/mol. The number of halogens is 1. The van der Waals surface area contributed by atoms with Gasteiger partial charge in [-0.2, -0.15) is 5.10 Å². The average Bonchev–Trinajstić information content (AvgIpc) is 3.18. The van der Waals surface area contributed by atoms with Gasteiger partial charge in [-0.3, -0.25) is 0 Å². The number of anilines is 1. The first-order valence-corrected chi connectivity index (χ1v) is 9.10. The molecule has 1 aromatic carbocycles. The van der Waals surface area contributed by atoms with Gasteiger partial charge in [-0.15, -0.1) is 0 Å². The zero-order valence-electron chi connectivity index (χ0n) is 14.5. The van der Waals surface area contributed by atoms with Crippen molar-refractivity contribution in [1.29, 1.82) is 0 Å². The van der Waals surface area contributed by atoms with Crippen molar-refractivity contribution < 1.29 is 4.74 Å². The van der Waals surface area contributed by atoms with Gasteiger partial charge in [0.05, 0.1) is 23.7 Å². The zero-order valence-corrected chi connectivity index (χ0v) is 16.1. The Bertz CT molecular complexity index is 945. The lowest BCUT2D eigenvalue weighted by atomic mass is 10.1. The fourth-order valence-corrected chi connectivity index (χ4v) is 3.68. The van der Waals surface area contributed by atoms with Crippen molar-refractivity contribution in [1.82, 2.24) is 19.7 Å². The first-order valence-electron chi connectivity index (χ1n) is 8.30. The van der Waals surface area contributed by atoms with Crippen molar-refractivity contribution in [3.05, 3.63) is 40.3 Å². The number of hydrogen-bond acceptors (Lipinski definition) is 5. The van der Waals surface area contributed by atoms with Crippen LogP contribution in [0.4, 0.5) is 5.82 Å². The van der Waals surface area contributed by atoms with Gasteiger partial charge in [-0.25, -0.2) is 14.6 Å². The van der Waals surface area contributed by atoms with Crippen LogP contribution in [0.15, 0.2) is 29.1 Å². The SMILES string of the molecule is CC(C)(C)n1ncc2c(NCc3cc(Br)cc4c3OCC4)ncnc21. The standard InChI is InChI=1S/C18H20BrN5O/c1-18(2,3)24-17-14(9-23-24)16(21-10-22-17)20-8-12-7-13(19)6-11-4-5-25-15(11)12/h6-7,9-10H,4-5,8H2,1-3H3,(H,20,21,22). The molecule has 1 aliphatic heterocycles. The van der Waals surface area contributed by atoms with Crippen LogP contribution in [0.1, 0.15) is 31.9 Å². The molecule has 0 amide bonds. The molecular formula is C18H20BrN5O. The fraction of sp³-hybridized carbons (Fsp3) is 0.389. The number of fused-ring (bicyclic) bond motifs is 2. The molecule has 3 heterocycles. The third-order valence-electron chi connectivity index (χ3n) is 4.27. The molecule has 4 rings (SSSR count). The Labute approximate surface area is 154 Å². The minimum atomic E-state index is -0.133. The monoisotopic (exact) mass is 401 g/mol. The lowest BCUT2D eigenvalue weighted by Gasteiger charge is -2.19. The van der Waals surface area contributed by atoms with E-state index in [1.165, 1.54) is 5.56 Å². The highest BCUT2D eigenvalue weighted by Gasteiger charge is 2.20. The summed E-state index contributed by atoms with van der Waals surface area (Å²) in [5, 5.41) is 8.84. The third-order valence-corrected chi connectivity index (χ3v) is 4.73. The number of hydrogen-bond donors (Lipinski definition) is 1. The van der Waals surface area contributed by atoms with Crippen LogP contribution >= 0.6 is 15.9 Å². The quantitative estimate of drug-likeness (QED) is 0.720. The molecule has 0 bridgehead atoms. The van der Waals surface area contributed by atoms with Crippen LogP contribution in [0.3, 0.4) is 0 Å². The second-order valence-electron chi connectivity index (χ2n) is 7.19. The molecule has 0 spiro atoms. The average molecular weight is 402 g/mol. The van der Waals surface area contributed by atoms with Crippen molar-refractivity contribution >= 4 is 32.8 Å². The summed E-state index contributed by atoms with van der Waals surface area (Å²) in [5.41, 5.74) is 3.07. The van der Waals surface area contributed by atoms with E-state index in [0.29, 0.717) is 6.54 Å². The van der Waals surface area contributed by atoms with Crippen molar-refractivity contribution in [2.45, 2.75) is 39.3 Å². The molecule has 0 unspecified atom stereocenters. The third kappa shape index (κ3) is 2.97. The molecule has 0 fully saturated rings. The molecule has 1 aliphatic rings. The first kappa shape index (κ1) is 16.3. The molecule has 3 aromatic rings. The Morgan fingerprint density at radius 2 is 2.12 bits per heavy atom. The van der Waals surface area contributed by atoms with E-state index in [1.54, 1.807) is 6.33 Å². The van der Waals surface area contributed by atoms with E-state index in [0.717, 1.165) is 45.7 Å². The van der Waals surface area contributed by atoms with Gasteiger partial charge in [0.2, 0.25) is 0 Å². The summed E-state index contributed by atoms with van der Waals surface area (Å²) in [4.78, 5) is 8.82. The van der Waals surface area contributed by atoms with Crippen LogP contribution in [0, 0.1) is 0 Å². The minimum Gasteiger partial charge on any atom is -0.493 e. The van der Waals surface area contributed by atoms with E-state index in [4.69, 9.17) is 4.74 Å². The molecule has 0 atom stereocenters. The number of aromatic nitrogens is 4. The Morgan fingerprint density at radius 3 is 2.92 bits per heavy atom. The Hall–Kier alpha value is -2.15. The summed E-state index contributed by atoms with van der Waals surface area (Å²) < 4.78 is 8.80. The van der Waals surface area contributed by atoms with E-state index in [2.05, 4.69) is 69.2 Å². The molecule has 2 aromatic heterocycles. The number of ether oxygens (including phenoxy) is 1. The van der Waals surface area contributed by atoms with Crippen LogP contribution in [-0.4, -0.2) is 26.4 Å². The van der Waals surface area contributed by atoms with Crippen molar-refractivity contribution in [2.24, 2.45) is 0 Å². The van der Waals surface area contributed by atoms with Crippen molar-refractivity contribution in [2.75, 3.05) is 11.9 Å². The highest BCUT2D eigenvalue weighted by Crippen LogP contribution is 2.33. The van der Waals surface area contributed by atoms with Gasteiger partial charge in [0.25, 0.3) is 0 Å². The van der Waals surface area contributed by atoms with E-state index < -0.39 is 0 Å². The van der Waals surface area contributed by atoms with Crippen LogP contribution in [0.5, 0.6) is 5.75 Å². The summed E-state index contributed by atoms with van der Waals surface area (Å²) in [6.07, 6.45) is 4.36. The van der Waals surface area contributed by atoms with Crippen LogP contribution < -0.4 is 10.1 Å². The largest absolute Gasteiger partial charge is 0.493 e. The van der Waals surface area contributed by atoms with Crippen LogP contribution in [-0.2, 0) is 18.5 Å². The molecule has 0 saturated carbocycles. The highest BCUT2D eigenvalue weighted by atomic mass is 79.9. The van der Waals surface area contributed by atoms with Crippen molar-refractivity contribution in [3.63, 3.8) is 0 Å². The number of rotatable bonds is 3. The summed E-state index contributed by atoms with van der Waals surface area (Å²) >= 11 is 3.58.